The van der Waals surface area contributed by atoms with Crippen LogP contribution in [0.3, 0.4) is 0 Å². The maximum atomic E-state index is 13.1. The van der Waals surface area contributed by atoms with E-state index in [0.717, 1.165) is 50.4 Å². The van der Waals surface area contributed by atoms with E-state index in [2.05, 4.69) is 41.7 Å². The minimum absolute atomic E-state index is 0.284. The summed E-state index contributed by atoms with van der Waals surface area (Å²) in [6.45, 7) is 8.73. The van der Waals surface area contributed by atoms with Crippen LogP contribution in [0.5, 0.6) is 0 Å². The number of hydrogen-bond donors (Lipinski definition) is 6. The van der Waals surface area contributed by atoms with Crippen molar-refractivity contribution in [3.05, 3.63) is 108 Å². The van der Waals surface area contributed by atoms with Gasteiger partial charge in [0.15, 0.2) is 0 Å². The number of carbonyl (C=O) groups excluding carboxylic acids is 3. The van der Waals surface area contributed by atoms with Crippen molar-refractivity contribution in [2.75, 3.05) is 84.3 Å². The zero-order chi connectivity index (χ0) is 36.0. The van der Waals surface area contributed by atoms with Crippen LogP contribution in [0, 0.1) is 0 Å². The van der Waals surface area contributed by atoms with Crippen molar-refractivity contribution in [1.29, 1.82) is 0 Å². The van der Waals surface area contributed by atoms with Crippen LogP contribution < -0.4 is 31.9 Å². The quantitative estimate of drug-likeness (QED) is 0.0663. The summed E-state index contributed by atoms with van der Waals surface area (Å²) >= 11 is 0. The van der Waals surface area contributed by atoms with Gasteiger partial charge < -0.3 is 41.7 Å². The van der Waals surface area contributed by atoms with Gasteiger partial charge in [-0.1, -0.05) is 24.3 Å². The zero-order valence-corrected chi connectivity index (χ0v) is 29.8. The number of amides is 4. The molecule has 11 heteroatoms. The summed E-state index contributed by atoms with van der Waals surface area (Å²) in [5.41, 5.74) is 4.99. The Morgan fingerprint density at radius 2 is 0.827 bits per heavy atom. The highest BCUT2D eigenvalue weighted by atomic mass is 16.2. The molecule has 2 fully saturated rings. The van der Waals surface area contributed by atoms with Crippen LogP contribution in [0.15, 0.2) is 97.1 Å². The lowest BCUT2D eigenvalue weighted by Crippen LogP contribution is -2.22. The van der Waals surface area contributed by atoms with Crippen LogP contribution in [0.1, 0.15) is 59.2 Å². The van der Waals surface area contributed by atoms with E-state index in [0.29, 0.717) is 33.9 Å². The molecule has 2 heterocycles. The molecule has 4 aromatic rings. The average molecular weight is 703 g/mol. The van der Waals surface area contributed by atoms with E-state index in [4.69, 9.17) is 0 Å². The maximum Gasteiger partial charge on any atom is 0.323 e. The van der Waals surface area contributed by atoms with E-state index in [1.54, 1.807) is 48.5 Å². The van der Waals surface area contributed by atoms with Crippen LogP contribution >= 0.6 is 0 Å². The van der Waals surface area contributed by atoms with E-state index in [1.807, 2.05) is 48.5 Å². The molecule has 0 aliphatic carbocycles. The monoisotopic (exact) mass is 702 g/mol. The van der Waals surface area contributed by atoms with Crippen LogP contribution in [-0.4, -0.2) is 80.0 Å². The predicted molar refractivity (Wildman–Crippen MR) is 212 cm³/mol. The number of nitrogens with zero attached hydrogens (tertiary/aromatic N) is 2. The molecule has 0 bridgehead atoms. The Morgan fingerprint density at radius 1 is 0.462 bits per heavy atom. The molecule has 4 amide bonds. The molecule has 6 rings (SSSR count). The van der Waals surface area contributed by atoms with E-state index < -0.39 is 6.03 Å². The molecule has 52 heavy (non-hydrogen) atoms. The first-order chi connectivity index (χ1) is 25.5. The highest BCUT2D eigenvalue weighted by Crippen LogP contribution is 2.20. The number of benzene rings is 4. The van der Waals surface area contributed by atoms with Gasteiger partial charge in [0, 0.05) is 58.3 Å². The first-order valence-corrected chi connectivity index (χ1v) is 18.5. The number of urea groups is 1. The fourth-order valence-corrected chi connectivity index (χ4v) is 6.67. The Kier molecular flexibility index (Phi) is 13.1. The van der Waals surface area contributed by atoms with Gasteiger partial charge in [-0.2, -0.15) is 0 Å². The third-order valence-corrected chi connectivity index (χ3v) is 9.36. The molecule has 11 nitrogen and oxygen atoms in total. The molecule has 6 N–H and O–H groups in total. The summed E-state index contributed by atoms with van der Waals surface area (Å²) in [6, 6.07) is 28.3. The van der Waals surface area contributed by atoms with Gasteiger partial charge in [-0.05, 0) is 151 Å². The summed E-state index contributed by atoms with van der Waals surface area (Å²) in [5, 5.41) is 18.4. The fraction of sp³-hybridized carbons (Fsp3) is 0.341. The average Bonchev–Trinajstić information content (AvgIpc) is 3.88. The zero-order valence-electron chi connectivity index (χ0n) is 29.8. The normalized spacial score (nSPS) is 14.5. The number of anilines is 6. The highest BCUT2D eigenvalue weighted by molar-refractivity contribution is 6.07. The Morgan fingerprint density at radius 3 is 1.25 bits per heavy atom. The molecule has 0 atom stereocenters. The third kappa shape index (κ3) is 11.3. The first-order valence-electron chi connectivity index (χ1n) is 18.5. The predicted octanol–water partition coefficient (Wildman–Crippen LogP) is 7.63. The molecule has 0 spiro atoms. The molecule has 2 aliphatic heterocycles. The SMILES string of the molecule is O=C(Nc1cccc(C(=O)Nc2cccc(NCCCN3CCCC3)c2)c1)Nc1cccc(C(=O)Nc2cccc(NCCCN3CCCC3)c2)c1. The van der Waals surface area contributed by atoms with Crippen LogP contribution in [0.25, 0.3) is 0 Å². The lowest BCUT2D eigenvalue weighted by molar-refractivity contribution is 0.101. The van der Waals surface area contributed by atoms with Gasteiger partial charge in [-0.3, -0.25) is 9.59 Å². The van der Waals surface area contributed by atoms with Crippen molar-refractivity contribution in [2.45, 2.75) is 38.5 Å². The topological polar surface area (TPSA) is 130 Å². The van der Waals surface area contributed by atoms with Crippen molar-refractivity contribution in [3.8, 4) is 0 Å². The van der Waals surface area contributed by atoms with Crippen molar-refractivity contribution < 1.29 is 14.4 Å². The minimum Gasteiger partial charge on any atom is -0.385 e. The van der Waals surface area contributed by atoms with Gasteiger partial charge in [0.2, 0.25) is 0 Å². The number of rotatable bonds is 16. The summed E-state index contributed by atoms with van der Waals surface area (Å²) in [5.74, 6) is -0.569. The molecule has 0 radical (unpaired) electrons. The second-order valence-corrected chi connectivity index (χ2v) is 13.5. The number of nitrogens with one attached hydrogen (secondary N) is 6. The fourth-order valence-electron chi connectivity index (χ4n) is 6.67. The Bertz CT molecular complexity index is 1670. The van der Waals surface area contributed by atoms with Gasteiger partial charge in [-0.15, -0.1) is 0 Å². The molecule has 0 aromatic heterocycles. The summed E-state index contributed by atoms with van der Waals surface area (Å²) in [7, 11) is 0. The standard InChI is InChI=1S/C41H50N8O3/c50-39(44-37-17-7-13-33(29-37)42-19-9-25-48-21-1-2-22-48)31-11-5-15-35(27-31)46-41(52)47-36-16-6-12-32(28-36)40(51)45-38-18-8-14-34(30-38)43-20-10-26-49-23-3-4-24-49/h5-8,11-18,27-30,42-43H,1-4,9-10,19-26H2,(H,44,50)(H,45,51)(H2,46,47,52). The van der Waals surface area contributed by atoms with Crippen molar-refractivity contribution in [1.82, 2.24) is 9.80 Å². The number of carbonyl (C=O) groups is 3. The molecular weight excluding hydrogens is 653 g/mol. The second-order valence-electron chi connectivity index (χ2n) is 13.5. The lowest BCUT2D eigenvalue weighted by Gasteiger charge is -2.15. The molecule has 272 valence electrons. The maximum absolute atomic E-state index is 13.1. The summed E-state index contributed by atoms with van der Waals surface area (Å²) in [6.07, 6.45) is 7.32. The van der Waals surface area contributed by atoms with Crippen LogP contribution in [-0.2, 0) is 0 Å². The van der Waals surface area contributed by atoms with Crippen molar-refractivity contribution in [2.24, 2.45) is 0 Å². The van der Waals surface area contributed by atoms with Crippen LogP contribution in [0.4, 0.5) is 38.9 Å². The Labute approximate surface area is 306 Å². The third-order valence-electron chi connectivity index (χ3n) is 9.36. The van der Waals surface area contributed by atoms with E-state index in [1.165, 1.54) is 51.9 Å². The summed E-state index contributed by atoms with van der Waals surface area (Å²) < 4.78 is 0. The van der Waals surface area contributed by atoms with Gasteiger partial charge in [0.25, 0.3) is 11.8 Å². The largest absolute Gasteiger partial charge is 0.385 e. The lowest BCUT2D eigenvalue weighted by atomic mass is 10.1. The molecule has 2 saturated heterocycles. The molecule has 0 saturated carbocycles. The number of likely N-dealkylation sites (tertiary alicyclic amines) is 2. The van der Waals surface area contributed by atoms with Gasteiger partial charge in [-0.25, -0.2) is 4.79 Å². The molecule has 2 aliphatic rings. The van der Waals surface area contributed by atoms with Gasteiger partial charge >= 0.3 is 6.03 Å². The van der Waals surface area contributed by atoms with Gasteiger partial charge in [0.05, 0.1) is 0 Å². The minimum atomic E-state index is -0.498. The molecular formula is C41H50N8O3. The Balaban J connectivity index is 0.957. The van der Waals surface area contributed by atoms with E-state index in [-0.39, 0.29) is 11.8 Å². The smallest absolute Gasteiger partial charge is 0.323 e. The second kappa shape index (κ2) is 18.7. The molecule has 0 unspecified atom stereocenters. The van der Waals surface area contributed by atoms with Crippen molar-refractivity contribution in [3.63, 3.8) is 0 Å². The van der Waals surface area contributed by atoms with E-state index >= 15 is 0 Å². The number of hydrogen-bond acceptors (Lipinski definition) is 7. The van der Waals surface area contributed by atoms with Gasteiger partial charge in [0.1, 0.15) is 0 Å². The first kappa shape index (κ1) is 36.4. The van der Waals surface area contributed by atoms with E-state index in [9.17, 15) is 14.4 Å². The highest BCUT2D eigenvalue weighted by Gasteiger charge is 2.13. The summed E-state index contributed by atoms with van der Waals surface area (Å²) in [4.78, 5) is 44.1. The Hall–Kier alpha value is -5.39. The molecule has 4 aromatic carbocycles. The van der Waals surface area contributed by atoms with Crippen LogP contribution in [0.2, 0.25) is 0 Å². The van der Waals surface area contributed by atoms with Crippen molar-refractivity contribution >= 4 is 52.0 Å².